The van der Waals surface area contributed by atoms with Crippen LogP contribution in [-0.4, -0.2) is 23.3 Å². The molecule has 2 nitrogen and oxygen atoms in total. The summed E-state index contributed by atoms with van der Waals surface area (Å²) in [4.78, 5) is 0. The smallest absolute Gasteiger partial charge is 0.0772 e. The van der Waals surface area contributed by atoms with Crippen LogP contribution in [-0.2, 0) is 0 Å². The normalized spacial score (nSPS) is 36.2. The molecular formula is C10H21NO. The van der Waals surface area contributed by atoms with E-state index in [0.717, 1.165) is 25.8 Å². The van der Waals surface area contributed by atoms with E-state index < -0.39 is 5.60 Å². The molecule has 0 spiro atoms. The van der Waals surface area contributed by atoms with Crippen molar-refractivity contribution in [2.75, 3.05) is 6.54 Å². The largest absolute Gasteiger partial charge is 0.389 e. The Hall–Kier alpha value is -0.0800. The average Bonchev–Trinajstić information content (AvgIpc) is 2.25. The van der Waals surface area contributed by atoms with E-state index in [9.17, 15) is 5.11 Å². The zero-order chi connectivity index (χ0) is 9.19. The Kier molecular flexibility index (Phi) is 3.13. The maximum atomic E-state index is 9.90. The lowest BCUT2D eigenvalue weighted by molar-refractivity contribution is 0.0385. The monoisotopic (exact) mass is 171 g/mol. The standard InChI is InChI=1S/C10H21NO/c1-8(2)7-11-9-5-4-6-10(9,3)12/h8-9,11-12H,4-7H2,1-3H3. The van der Waals surface area contributed by atoms with Gasteiger partial charge in [-0.05, 0) is 38.6 Å². The second kappa shape index (κ2) is 3.75. The summed E-state index contributed by atoms with van der Waals surface area (Å²) in [6.45, 7) is 7.34. The van der Waals surface area contributed by atoms with Crippen LogP contribution < -0.4 is 5.32 Å². The number of rotatable bonds is 3. The van der Waals surface area contributed by atoms with E-state index in [1.165, 1.54) is 0 Å². The molecule has 1 aliphatic carbocycles. The van der Waals surface area contributed by atoms with Crippen molar-refractivity contribution in [1.82, 2.24) is 5.32 Å². The first-order chi connectivity index (χ1) is 5.52. The van der Waals surface area contributed by atoms with Crippen molar-refractivity contribution in [3.63, 3.8) is 0 Å². The van der Waals surface area contributed by atoms with Gasteiger partial charge in [0.25, 0.3) is 0 Å². The third-order valence-electron chi connectivity index (χ3n) is 2.70. The fraction of sp³-hybridized carbons (Fsp3) is 1.00. The molecule has 0 radical (unpaired) electrons. The number of hydrogen-bond donors (Lipinski definition) is 2. The van der Waals surface area contributed by atoms with Gasteiger partial charge in [-0.25, -0.2) is 0 Å². The molecule has 0 amide bonds. The molecule has 2 heteroatoms. The molecule has 0 aromatic rings. The molecule has 1 fully saturated rings. The average molecular weight is 171 g/mol. The summed E-state index contributed by atoms with van der Waals surface area (Å²) < 4.78 is 0. The maximum Gasteiger partial charge on any atom is 0.0772 e. The molecule has 1 rings (SSSR count). The predicted molar refractivity (Wildman–Crippen MR) is 51.1 cm³/mol. The van der Waals surface area contributed by atoms with E-state index in [0.29, 0.717) is 12.0 Å². The molecule has 2 unspecified atom stereocenters. The van der Waals surface area contributed by atoms with E-state index in [1.54, 1.807) is 0 Å². The number of nitrogens with one attached hydrogen (secondary N) is 1. The lowest BCUT2D eigenvalue weighted by Crippen LogP contribution is -2.45. The van der Waals surface area contributed by atoms with E-state index >= 15 is 0 Å². The van der Waals surface area contributed by atoms with Gasteiger partial charge in [-0.15, -0.1) is 0 Å². The van der Waals surface area contributed by atoms with Crippen LogP contribution in [0.25, 0.3) is 0 Å². The first-order valence-corrected chi connectivity index (χ1v) is 4.98. The Bertz CT molecular complexity index is 143. The highest BCUT2D eigenvalue weighted by Crippen LogP contribution is 2.29. The highest BCUT2D eigenvalue weighted by atomic mass is 16.3. The van der Waals surface area contributed by atoms with Crippen LogP contribution in [0.2, 0.25) is 0 Å². The van der Waals surface area contributed by atoms with E-state index in [1.807, 2.05) is 6.92 Å². The van der Waals surface area contributed by atoms with Crippen molar-refractivity contribution >= 4 is 0 Å². The Morgan fingerprint density at radius 3 is 2.67 bits per heavy atom. The first kappa shape index (κ1) is 10.0. The van der Waals surface area contributed by atoms with Crippen LogP contribution in [0, 0.1) is 5.92 Å². The van der Waals surface area contributed by atoms with Gasteiger partial charge in [0.2, 0.25) is 0 Å². The number of aliphatic hydroxyl groups is 1. The molecule has 0 saturated heterocycles. The van der Waals surface area contributed by atoms with E-state index in [2.05, 4.69) is 19.2 Å². The van der Waals surface area contributed by atoms with Crippen molar-refractivity contribution in [2.45, 2.75) is 51.7 Å². The molecule has 0 aromatic heterocycles. The fourth-order valence-electron chi connectivity index (χ4n) is 1.85. The van der Waals surface area contributed by atoms with Gasteiger partial charge in [0.05, 0.1) is 5.60 Å². The second-order valence-electron chi connectivity index (χ2n) is 4.60. The minimum absolute atomic E-state index is 0.319. The van der Waals surface area contributed by atoms with Gasteiger partial charge in [0, 0.05) is 6.04 Å². The zero-order valence-corrected chi connectivity index (χ0v) is 8.43. The molecule has 2 N–H and O–H groups in total. The molecule has 72 valence electrons. The van der Waals surface area contributed by atoms with Crippen molar-refractivity contribution < 1.29 is 5.11 Å². The van der Waals surface area contributed by atoms with Crippen LogP contribution in [0.5, 0.6) is 0 Å². The van der Waals surface area contributed by atoms with E-state index in [4.69, 9.17) is 0 Å². The highest BCUT2D eigenvalue weighted by Gasteiger charge is 2.36. The Morgan fingerprint density at radius 1 is 1.58 bits per heavy atom. The van der Waals surface area contributed by atoms with Gasteiger partial charge >= 0.3 is 0 Å². The molecule has 12 heavy (non-hydrogen) atoms. The van der Waals surface area contributed by atoms with Gasteiger partial charge in [0.1, 0.15) is 0 Å². The summed E-state index contributed by atoms with van der Waals surface area (Å²) in [5.41, 5.74) is -0.463. The first-order valence-electron chi connectivity index (χ1n) is 4.98. The van der Waals surface area contributed by atoms with Crippen LogP contribution >= 0.6 is 0 Å². The van der Waals surface area contributed by atoms with E-state index in [-0.39, 0.29) is 0 Å². The van der Waals surface area contributed by atoms with Gasteiger partial charge < -0.3 is 10.4 Å². The molecule has 1 saturated carbocycles. The number of hydrogen-bond acceptors (Lipinski definition) is 2. The molecule has 2 atom stereocenters. The minimum atomic E-state index is -0.463. The Morgan fingerprint density at radius 2 is 2.25 bits per heavy atom. The highest BCUT2D eigenvalue weighted by molar-refractivity contribution is 4.93. The summed E-state index contributed by atoms with van der Waals surface area (Å²) in [5.74, 6) is 0.668. The lowest BCUT2D eigenvalue weighted by atomic mass is 10.0. The van der Waals surface area contributed by atoms with Gasteiger partial charge in [-0.1, -0.05) is 13.8 Å². The van der Waals surface area contributed by atoms with Crippen molar-refractivity contribution in [3.8, 4) is 0 Å². The van der Waals surface area contributed by atoms with Crippen molar-refractivity contribution in [1.29, 1.82) is 0 Å². The van der Waals surface area contributed by atoms with Crippen molar-refractivity contribution in [3.05, 3.63) is 0 Å². The second-order valence-corrected chi connectivity index (χ2v) is 4.60. The van der Waals surface area contributed by atoms with Crippen LogP contribution in [0.4, 0.5) is 0 Å². The predicted octanol–water partition coefficient (Wildman–Crippen LogP) is 1.54. The summed E-state index contributed by atoms with van der Waals surface area (Å²) in [7, 11) is 0. The third-order valence-corrected chi connectivity index (χ3v) is 2.70. The third kappa shape index (κ3) is 2.46. The Balaban J connectivity index is 2.32. The summed E-state index contributed by atoms with van der Waals surface area (Å²) in [6.07, 6.45) is 3.23. The molecular weight excluding hydrogens is 150 g/mol. The molecule has 0 bridgehead atoms. The van der Waals surface area contributed by atoms with Gasteiger partial charge in [-0.3, -0.25) is 0 Å². The van der Waals surface area contributed by atoms with Crippen LogP contribution in [0.1, 0.15) is 40.0 Å². The van der Waals surface area contributed by atoms with Crippen LogP contribution in [0.15, 0.2) is 0 Å². The van der Waals surface area contributed by atoms with Gasteiger partial charge in [0.15, 0.2) is 0 Å². The summed E-state index contributed by atoms with van der Waals surface area (Å²) in [6, 6.07) is 0.319. The quantitative estimate of drug-likeness (QED) is 0.675. The van der Waals surface area contributed by atoms with Gasteiger partial charge in [-0.2, -0.15) is 0 Å². The van der Waals surface area contributed by atoms with Crippen molar-refractivity contribution in [2.24, 2.45) is 5.92 Å². The molecule has 0 heterocycles. The fourth-order valence-corrected chi connectivity index (χ4v) is 1.85. The minimum Gasteiger partial charge on any atom is -0.389 e. The lowest BCUT2D eigenvalue weighted by Gasteiger charge is -2.27. The zero-order valence-electron chi connectivity index (χ0n) is 8.43. The molecule has 0 aliphatic heterocycles. The molecule has 1 aliphatic rings. The topological polar surface area (TPSA) is 32.3 Å². The van der Waals surface area contributed by atoms with Crippen LogP contribution in [0.3, 0.4) is 0 Å². The summed E-state index contributed by atoms with van der Waals surface area (Å²) in [5, 5.41) is 13.3. The SMILES string of the molecule is CC(C)CNC1CCCC1(C)O. The summed E-state index contributed by atoms with van der Waals surface area (Å²) >= 11 is 0. The Labute approximate surface area is 75.4 Å². The maximum absolute atomic E-state index is 9.90. The molecule has 0 aromatic carbocycles.